The second-order valence-corrected chi connectivity index (χ2v) is 8.32. The zero-order valence-corrected chi connectivity index (χ0v) is 17.9. The number of esters is 1. The minimum Gasteiger partial charge on any atom is -0.465 e. The number of halogens is 3. The van der Waals surface area contributed by atoms with E-state index in [2.05, 4.69) is 5.32 Å². The Morgan fingerprint density at radius 2 is 1.75 bits per heavy atom. The molecule has 1 N–H and O–H groups in total. The number of thiophene rings is 1. The van der Waals surface area contributed by atoms with Crippen LogP contribution in [-0.4, -0.2) is 19.0 Å². The van der Waals surface area contributed by atoms with Crippen LogP contribution in [0.1, 0.15) is 25.6 Å². The maximum absolute atomic E-state index is 12.7. The monoisotopic (exact) mass is 453 g/mol. The van der Waals surface area contributed by atoms with Gasteiger partial charge >= 0.3 is 5.97 Å². The van der Waals surface area contributed by atoms with Crippen molar-refractivity contribution in [2.75, 3.05) is 12.4 Å². The average molecular weight is 455 g/mol. The molecule has 3 rings (SSSR count). The molecule has 0 aliphatic carbocycles. The number of hydrogen-bond donors (Lipinski definition) is 1. The standard InChI is InChI=1S/C20H14Cl3NO3S/c1-10-16(11-4-3-5-12(21)8-11)17(20(26)27-2)19(28-10)24-18(25)14-7-6-13(22)9-15(14)23/h3-9H,1-2H3,(H,24,25). The van der Waals surface area contributed by atoms with Crippen molar-refractivity contribution in [2.45, 2.75) is 6.92 Å². The predicted octanol–water partition coefficient (Wildman–Crippen LogP) is 6.72. The first kappa shape index (κ1) is 20.7. The number of ether oxygens (including phenoxy) is 1. The van der Waals surface area contributed by atoms with Gasteiger partial charge in [-0.15, -0.1) is 11.3 Å². The van der Waals surface area contributed by atoms with E-state index in [1.165, 1.54) is 30.6 Å². The van der Waals surface area contributed by atoms with Crippen molar-refractivity contribution in [1.29, 1.82) is 0 Å². The number of nitrogens with one attached hydrogen (secondary N) is 1. The Morgan fingerprint density at radius 1 is 1.04 bits per heavy atom. The summed E-state index contributed by atoms with van der Waals surface area (Å²) < 4.78 is 4.95. The number of methoxy groups -OCH3 is 1. The minimum atomic E-state index is -0.558. The van der Waals surface area contributed by atoms with Gasteiger partial charge in [-0.3, -0.25) is 4.79 Å². The first-order valence-electron chi connectivity index (χ1n) is 8.06. The lowest BCUT2D eigenvalue weighted by molar-refractivity contribution is 0.0603. The van der Waals surface area contributed by atoms with Gasteiger partial charge in [0.2, 0.25) is 0 Å². The van der Waals surface area contributed by atoms with Gasteiger partial charge in [0.05, 0.1) is 17.7 Å². The van der Waals surface area contributed by atoms with E-state index in [0.29, 0.717) is 20.6 Å². The number of benzene rings is 2. The highest BCUT2D eigenvalue weighted by Crippen LogP contribution is 2.41. The molecule has 0 fully saturated rings. The molecular formula is C20H14Cl3NO3S. The highest BCUT2D eigenvalue weighted by molar-refractivity contribution is 7.17. The lowest BCUT2D eigenvalue weighted by Gasteiger charge is -2.09. The van der Waals surface area contributed by atoms with Gasteiger partial charge in [0.15, 0.2) is 0 Å². The Kier molecular flexibility index (Phi) is 6.30. The molecule has 1 aromatic heterocycles. The van der Waals surface area contributed by atoms with Gasteiger partial charge in [0.25, 0.3) is 5.91 Å². The number of aryl methyl sites for hydroxylation is 1. The van der Waals surface area contributed by atoms with E-state index >= 15 is 0 Å². The number of anilines is 1. The Balaban J connectivity index is 2.07. The van der Waals surface area contributed by atoms with Crippen LogP contribution in [-0.2, 0) is 4.74 Å². The smallest absolute Gasteiger partial charge is 0.341 e. The van der Waals surface area contributed by atoms with E-state index in [1.807, 2.05) is 13.0 Å². The molecule has 3 aromatic rings. The molecule has 0 spiro atoms. The summed E-state index contributed by atoms with van der Waals surface area (Å²) >= 11 is 19.4. The molecule has 0 unspecified atom stereocenters. The number of carbonyl (C=O) groups is 2. The number of amides is 1. The molecule has 2 aromatic carbocycles. The fourth-order valence-corrected chi connectivity index (χ4v) is 4.51. The lowest BCUT2D eigenvalue weighted by atomic mass is 10.0. The van der Waals surface area contributed by atoms with Crippen LogP contribution in [0.3, 0.4) is 0 Å². The molecule has 0 bridgehead atoms. The lowest BCUT2D eigenvalue weighted by Crippen LogP contribution is -2.14. The van der Waals surface area contributed by atoms with Crippen LogP contribution >= 0.6 is 46.1 Å². The number of rotatable bonds is 4. The number of carbonyl (C=O) groups excluding carboxylic acids is 2. The zero-order valence-electron chi connectivity index (χ0n) is 14.8. The van der Waals surface area contributed by atoms with E-state index in [-0.39, 0.29) is 16.1 Å². The van der Waals surface area contributed by atoms with Crippen molar-refractivity contribution in [3.63, 3.8) is 0 Å². The largest absolute Gasteiger partial charge is 0.465 e. The summed E-state index contributed by atoms with van der Waals surface area (Å²) in [5, 5.41) is 4.32. The summed E-state index contributed by atoms with van der Waals surface area (Å²) in [5.41, 5.74) is 1.94. The van der Waals surface area contributed by atoms with E-state index in [1.54, 1.807) is 24.3 Å². The zero-order chi connectivity index (χ0) is 20.4. The quantitative estimate of drug-likeness (QED) is 0.445. The molecule has 28 heavy (non-hydrogen) atoms. The highest BCUT2D eigenvalue weighted by atomic mass is 35.5. The van der Waals surface area contributed by atoms with Crippen molar-refractivity contribution in [3.8, 4) is 11.1 Å². The normalized spacial score (nSPS) is 10.6. The molecular weight excluding hydrogens is 441 g/mol. The molecule has 1 heterocycles. The van der Waals surface area contributed by atoms with Crippen LogP contribution in [0.2, 0.25) is 15.1 Å². The van der Waals surface area contributed by atoms with Gasteiger partial charge < -0.3 is 10.1 Å². The summed E-state index contributed by atoms with van der Waals surface area (Å²) in [5.74, 6) is -1.01. The van der Waals surface area contributed by atoms with Gasteiger partial charge in [-0.1, -0.05) is 46.9 Å². The Bertz CT molecular complexity index is 1080. The summed E-state index contributed by atoms with van der Waals surface area (Å²) in [7, 11) is 1.29. The van der Waals surface area contributed by atoms with Crippen LogP contribution in [0.15, 0.2) is 42.5 Å². The molecule has 144 valence electrons. The molecule has 0 radical (unpaired) electrons. The fraction of sp³-hybridized carbons (Fsp3) is 0.100. The van der Waals surface area contributed by atoms with Crippen molar-refractivity contribution in [2.24, 2.45) is 0 Å². The van der Waals surface area contributed by atoms with Crippen molar-refractivity contribution < 1.29 is 14.3 Å². The Morgan fingerprint density at radius 3 is 2.39 bits per heavy atom. The van der Waals surface area contributed by atoms with E-state index in [4.69, 9.17) is 39.5 Å². The van der Waals surface area contributed by atoms with Crippen molar-refractivity contribution in [3.05, 3.63) is 73.5 Å². The molecule has 0 aliphatic rings. The third-order valence-corrected chi connectivity index (χ3v) is 5.79. The van der Waals surface area contributed by atoms with E-state index in [9.17, 15) is 9.59 Å². The van der Waals surface area contributed by atoms with Crippen molar-refractivity contribution >= 4 is 63.0 Å². The van der Waals surface area contributed by atoms with Crippen LogP contribution < -0.4 is 5.32 Å². The maximum Gasteiger partial charge on any atom is 0.341 e. The summed E-state index contributed by atoms with van der Waals surface area (Å²) in [6.45, 7) is 1.86. The predicted molar refractivity (Wildman–Crippen MR) is 115 cm³/mol. The van der Waals surface area contributed by atoms with Gasteiger partial charge in [-0.05, 0) is 42.8 Å². The third kappa shape index (κ3) is 4.18. The van der Waals surface area contributed by atoms with Crippen molar-refractivity contribution in [1.82, 2.24) is 0 Å². The molecule has 1 amide bonds. The summed E-state index contributed by atoms with van der Waals surface area (Å²) in [6, 6.07) is 11.7. The molecule has 4 nitrogen and oxygen atoms in total. The molecule has 0 aliphatic heterocycles. The van der Waals surface area contributed by atoms with Gasteiger partial charge in [0, 0.05) is 20.5 Å². The fourth-order valence-electron chi connectivity index (χ4n) is 2.77. The second kappa shape index (κ2) is 8.53. The average Bonchev–Trinajstić information content (AvgIpc) is 2.96. The Labute approximate surface area is 181 Å². The van der Waals surface area contributed by atoms with Gasteiger partial charge in [-0.2, -0.15) is 0 Å². The topological polar surface area (TPSA) is 55.4 Å². The molecule has 0 saturated heterocycles. The van der Waals surface area contributed by atoms with Crippen LogP contribution in [0.25, 0.3) is 11.1 Å². The molecule has 8 heteroatoms. The van der Waals surface area contributed by atoms with E-state index in [0.717, 1.165) is 10.4 Å². The first-order chi connectivity index (χ1) is 13.3. The second-order valence-electron chi connectivity index (χ2n) is 5.82. The molecule has 0 saturated carbocycles. The highest BCUT2D eigenvalue weighted by Gasteiger charge is 2.26. The third-order valence-electron chi connectivity index (χ3n) is 3.99. The van der Waals surface area contributed by atoms with E-state index < -0.39 is 11.9 Å². The van der Waals surface area contributed by atoms with Gasteiger partial charge in [-0.25, -0.2) is 4.79 Å². The summed E-state index contributed by atoms with van der Waals surface area (Å²) in [4.78, 5) is 26.1. The first-order valence-corrected chi connectivity index (χ1v) is 10.0. The van der Waals surface area contributed by atoms with Gasteiger partial charge in [0.1, 0.15) is 10.6 Å². The summed E-state index contributed by atoms with van der Waals surface area (Å²) in [6.07, 6.45) is 0. The minimum absolute atomic E-state index is 0.216. The maximum atomic E-state index is 12.7. The van der Waals surface area contributed by atoms with Crippen LogP contribution in [0.4, 0.5) is 5.00 Å². The molecule has 0 atom stereocenters. The number of hydrogen-bond acceptors (Lipinski definition) is 4. The van der Waals surface area contributed by atoms with Crippen LogP contribution in [0, 0.1) is 6.92 Å². The SMILES string of the molecule is COC(=O)c1c(NC(=O)c2ccc(Cl)cc2Cl)sc(C)c1-c1cccc(Cl)c1. The Hall–Kier alpha value is -2.05. The van der Waals surface area contributed by atoms with Crippen LogP contribution in [0.5, 0.6) is 0 Å².